The van der Waals surface area contributed by atoms with Gasteiger partial charge in [0.15, 0.2) is 5.82 Å². The average Bonchev–Trinajstić information content (AvgIpc) is 2.82. The number of rotatable bonds is 3. The van der Waals surface area contributed by atoms with Crippen LogP contribution in [-0.2, 0) is 10.0 Å². The first-order valence-corrected chi connectivity index (χ1v) is 8.40. The van der Waals surface area contributed by atoms with Crippen LogP contribution in [0.5, 0.6) is 0 Å². The lowest BCUT2D eigenvalue weighted by atomic mass is 10.3. The summed E-state index contributed by atoms with van der Waals surface area (Å²) in [6.45, 7) is 3.85. The number of nitrogens with zero attached hydrogens (tertiary/aromatic N) is 4. The number of primary sulfonamides is 1. The first kappa shape index (κ1) is 15.3. The van der Waals surface area contributed by atoms with Crippen LogP contribution in [0.1, 0.15) is 11.3 Å². The maximum atomic E-state index is 11.2. The van der Waals surface area contributed by atoms with Crippen LogP contribution in [0.3, 0.4) is 0 Å². The van der Waals surface area contributed by atoms with Gasteiger partial charge in [-0.3, -0.25) is 4.40 Å². The summed E-state index contributed by atoms with van der Waals surface area (Å²) in [6.07, 6.45) is 1.88. The minimum absolute atomic E-state index is 0.0399. The number of imidazole rings is 1. The first-order valence-electron chi connectivity index (χ1n) is 6.85. The van der Waals surface area contributed by atoms with Crippen molar-refractivity contribution in [1.29, 1.82) is 0 Å². The largest absolute Gasteiger partial charge is 0.283 e. The number of pyridine rings is 1. The highest BCUT2D eigenvalue weighted by atomic mass is 32.2. The van der Waals surface area contributed by atoms with Crippen LogP contribution in [0.25, 0.3) is 5.65 Å². The van der Waals surface area contributed by atoms with Gasteiger partial charge in [-0.2, -0.15) is 0 Å². The molecule has 2 aromatic heterocycles. The van der Waals surface area contributed by atoms with Gasteiger partial charge < -0.3 is 0 Å². The van der Waals surface area contributed by atoms with Crippen molar-refractivity contribution in [3.05, 3.63) is 53.9 Å². The van der Waals surface area contributed by atoms with E-state index in [0.717, 1.165) is 16.9 Å². The SMILES string of the molecule is Cc1nc2c(C)cccn2c1N=Nc1ccc(S(N)(=O)=O)cc1. The summed E-state index contributed by atoms with van der Waals surface area (Å²) in [7, 11) is -3.70. The fourth-order valence-corrected chi connectivity index (χ4v) is 2.75. The van der Waals surface area contributed by atoms with Crippen LogP contribution in [0, 0.1) is 13.8 Å². The number of hydrogen-bond acceptors (Lipinski definition) is 5. The Morgan fingerprint density at radius 1 is 1.09 bits per heavy atom. The van der Waals surface area contributed by atoms with Gasteiger partial charge in [0.05, 0.1) is 16.3 Å². The van der Waals surface area contributed by atoms with E-state index in [-0.39, 0.29) is 4.90 Å². The van der Waals surface area contributed by atoms with Gasteiger partial charge in [0.25, 0.3) is 0 Å². The van der Waals surface area contributed by atoms with E-state index in [1.54, 1.807) is 12.1 Å². The fourth-order valence-electron chi connectivity index (χ4n) is 2.23. The Morgan fingerprint density at radius 3 is 2.43 bits per heavy atom. The molecule has 0 atom stereocenters. The Hall–Kier alpha value is -2.58. The second-order valence-electron chi connectivity index (χ2n) is 5.14. The maximum Gasteiger partial charge on any atom is 0.238 e. The molecule has 0 amide bonds. The highest BCUT2D eigenvalue weighted by Gasteiger charge is 2.10. The van der Waals surface area contributed by atoms with Gasteiger partial charge in [-0.05, 0) is 49.7 Å². The van der Waals surface area contributed by atoms with Crippen LogP contribution in [0.2, 0.25) is 0 Å². The van der Waals surface area contributed by atoms with Crippen molar-refractivity contribution in [2.75, 3.05) is 0 Å². The number of nitrogens with two attached hydrogens (primary N) is 1. The second-order valence-corrected chi connectivity index (χ2v) is 6.71. The highest BCUT2D eigenvalue weighted by Crippen LogP contribution is 2.25. The summed E-state index contributed by atoms with van der Waals surface area (Å²) in [4.78, 5) is 4.52. The number of aromatic nitrogens is 2. The summed E-state index contributed by atoms with van der Waals surface area (Å²) >= 11 is 0. The first-order chi connectivity index (χ1) is 10.9. The molecule has 0 radical (unpaired) electrons. The molecule has 0 unspecified atom stereocenters. The molecule has 0 fully saturated rings. The molecule has 2 heterocycles. The van der Waals surface area contributed by atoms with Crippen molar-refractivity contribution in [1.82, 2.24) is 9.38 Å². The standard InChI is InChI=1S/C15H15N5O2S/c1-10-4-3-9-20-14(10)17-11(2)15(20)19-18-12-5-7-13(8-6-12)23(16,21)22/h3-9H,1-2H3,(H2,16,21,22). The van der Waals surface area contributed by atoms with E-state index in [1.165, 1.54) is 12.1 Å². The number of aryl methyl sites for hydroxylation is 2. The zero-order chi connectivity index (χ0) is 16.6. The molecular weight excluding hydrogens is 314 g/mol. The highest BCUT2D eigenvalue weighted by molar-refractivity contribution is 7.89. The lowest BCUT2D eigenvalue weighted by Crippen LogP contribution is -2.11. The van der Waals surface area contributed by atoms with Crippen LogP contribution >= 0.6 is 0 Å². The maximum absolute atomic E-state index is 11.2. The number of fused-ring (bicyclic) bond motifs is 1. The van der Waals surface area contributed by atoms with E-state index in [4.69, 9.17) is 5.14 Å². The number of hydrogen-bond donors (Lipinski definition) is 1. The number of azo groups is 1. The topological polar surface area (TPSA) is 102 Å². The molecular formula is C15H15N5O2S. The van der Waals surface area contributed by atoms with Gasteiger partial charge in [0.1, 0.15) is 5.65 Å². The summed E-state index contributed by atoms with van der Waals surface area (Å²) in [6, 6.07) is 9.79. The van der Waals surface area contributed by atoms with Gasteiger partial charge in [-0.15, -0.1) is 10.2 Å². The molecule has 1 aromatic carbocycles. The quantitative estimate of drug-likeness (QED) is 0.747. The molecule has 0 spiro atoms. The molecule has 8 heteroatoms. The van der Waals surface area contributed by atoms with Crippen molar-refractivity contribution in [2.24, 2.45) is 15.4 Å². The molecule has 0 aliphatic carbocycles. The predicted molar refractivity (Wildman–Crippen MR) is 86.7 cm³/mol. The third-order valence-electron chi connectivity index (χ3n) is 3.41. The van der Waals surface area contributed by atoms with Gasteiger partial charge in [-0.1, -0.05) is 6.07 Å². The van der Waals surface area contributed by atoms with Crippen molar-refractivity contribution in [2.45, 2.75) is 18.7 Å². The Labute approximate surface area is 133 Å². The van der Waals surface area contributed by atoms with Crippen molar-refractivity contribution >= 4 is 27.2 Å². The Kier molecular flexibility index (Phi) is 3.70. The minimum Gasteiger partial charge on any atom is -0.283 e. The van der Waals surface area contributed by atoms with E-state index in [9.17, 15) is 8.42 Å². The third kappa shape index (κ3) is 2.99. The van der Waals surface area contributed by atoms with Crippen LogP contribution < -0.4 is 5.14 Å². The van der Waals surface area contributed by atoms with E-state index in [1.807, 2.05) is 36.6 Å². The molecule has 3 aromatic rings. The third-order valence-corrected chi connectivity index (χ3v) is 4.34. The molecule has 23 heavy (non-hydrogen) atoms. The summed E-state index contributed by atoms with van der Waals surface area (Å²) < 4.78 is 24.3. The Morgan fingerprint density at radius 2 is 1.78 bits per heavy atom. The van der Waals surface area contributed by atoms with Crippen molar-refractivity contribution in [3.8, 4) is 0 Å². The molecule has 2 N–H and O–H groups in total. The Bertz CT molecular complexity index is 1000. The molecule has 0 aliphatic rings. The fraction of sp³-hybridized carbons (Fsp3) is 0.133. The van der Waals surface area contributed by atoms with E-state index < -0.39 is 10.0 Å². The average molecular weight is 329 g/mol. The summed E-state index contributed by atoms with van der Waals surface area (Å²) in [5.74, 6) is 0.638. The van der Waals surface area contributed by atoms with Crippen LogP contribution in [0.15, 0.2) is 57.7 Å². The molecule has 0 bridgehead atoms. The van der Waals surface area contributed by atoms with Crippen LogP contribution in [0.4, 0.5) is 11.5 Å². The van der Waals surface area contributed by atoms with E-state index in [0.29, 0.717) is 11.5 Å². The van der Waals surface area contributed by atoms with E-state index >= 15 is 0 Å². The molecule has 0 saturated heterocycles. The zero-order valence-electron chi connectivity index (χ0n) is 12.6. The summed E-state index contributed by atoms with van der Waals surface area (Å²) in [5, 5.41) is 13.4. The Balaban J connectivity index is 1.97. The lowest BCUT2D eigenvalue weighted by Gasteiger charge is -1.99. The van der Waals surface area contributed by atoms with Crippen LogP contribution in [-0.4, -0.2) is 17.8 Å². The summed E-state index contributed by atoms with van der Waals surface area (Å²) in [5.41, 5.74) is 3.18. The smallest absolute Gasteiger partial charge is 0.238 e. The molecule has 118 valence electrons. The van der Waals surface area contributed by atoms with Gasteiger partial charge in [0, 0.05) is 6.20 Å². The van der Waals surface area contributed by atoms with Gasteiger partial charge in [0.2, 0.25) is 10.0 Å². The molecule has 3 rings (SSSR count). The van der Waals surface area contributed by atoms with Gasteiger partial charge >= 0.3 is 0 Å². The predicted octanol–water partition coefficient (Wildman–Crippen LogP) is 3.01. The van der Waals surface area contributed by atoms with Gasteiger partial charge in [-0.25, -0.2) is 18.5 Å². The molecule has 7 nitrogen and oxygen atoms in total. The number of sulfonamides is 1. The zero-order valence-corrected chi connectivity index (χ0v) is 13.4. The van der Waals surface area contributed by atoms with Crippen molar-refractivity contribution < 1.29 is 8.42 Å². The monoisotopic (exact) mass is 329 g/mol. The lowest BCUT2D eigenvalue weighted by molar-refractivity contribution is 0.598. The van der Waals surface area contributed by atoms with Crippen molar-refractivity contribution in [3.63, 3.8) is 0 Å². The number of benzene rings is 1. The minimum atomic E-state index is -3.70. The normalized spacial score (nSPS) is 12.3. The van der Waals surface area contributed by atoms with E-state index in [2.05, 4.69) is 15.2 Å². The molecule has 0 aliphatic heterocycles. The molecule has 0 saturated carbocycles. The second kappa shape index (κ2) is 5.56.